The summed E-state index contributed by atoms with van der Waals surface area (Å²) in [4.78, 5) is 7.13. The van der Waals surface area contributed by atoms with Gasteiger partial charge in [-0.2, -0.15) is 0 Å². The Kier molecular flexibility index (Phi) is 3.86. The lowest BCUT2D eigenvalue weighted by Gasteiger charge is -2.37. The Morgan fingerprint density at radius 1 is 1.17 bits per heavy atom. The van der Waals surface area contributed by atoms with Crippen molar-refractivity contribution < 1.29 is 5.11 Å². The molecule has 5 heteroatoms. The van der Waals surface area contributed by atoms with Crippen LogP contribution in [-0.4, -0.2) is 25.7 Å². The van der Waals surface area contributed by atoms with E-state index in [1.165, 1.54) is 0 Å². The van der Waals surface area contributed by atoms with E-state index in [1.807, 2.05) is 53.5 Å². The molecule has 2 heterocycles. The molecule has 3 N–H and O–H groups in total. The summed E-state index contributed by atoms with van der Waals surface area (Å²) in [7, 11) is 0. The normalized spacial score (nSPS) is 24.0. The smallest absolute Gasteiger partial charge is 0.0991 e. The molecule has 4 rings (SSSR count). The van der Waals surface area contributed by atoms with Crippen molar-refractivity contribution in [1.82, 2.24) is 14.5 Å². The highest BCUT2D eigenvalue weighted by Gasteiger charge is 2.34. The Hall–Kier alpha value is -2.53. The van der Waals surface area contributed by atoms with Crippen LogP contribution in [0.1, 0.15) is 31.2 Å². The average molecular weight is 322 g/mol. The number of imidazole rings is 1. The Morgan fingerprint density at radius 2 is 1.96 bits per heavy atom. The number of rotatable bonds is 4. The van der Waals surface area contributed by atoms with Crippen LogP contribution in [-0.2, 0) is 5.60 Å². The molecule has 0 saturated heterocycles. The van der Waals surface area contributed by atoms with Gasteiger partial charge in [0.15, 0.2) is 0 Å². The number of anilines is 1. The van der Waals surface area contributed by atoms with Gasteiger partial charge in [-0.3, -0.25) is 0 Å². The molecule has 1 aliphatic carbocycles. The lowest BCUT2D eigenvalue weighted by molar-refractivity contribution is -0.00330. The number of hydrogen-bond acceptors (Lipinski definition) is 3. The number of aromatic amines is 1. The second-order valence-corrected chi connectivity index (χ2v) is 6.57. The van der Waals surface area contributed by atoms with Gasteiger partial charge in [0.1, 0.15) is 0 Å². The van der Waals surface area contributed by atoms with Crippen LogP contribution >= 0.6 is 0 Å². The fourth-order valence-corrected chi connectivity index (χ4v) is 3.53. The van der Waals surface area contributed by atoms with E-state index in [0.717, 1.165) is 42.6 Å². The van der Waals surface area contributed by atoms with E-state index in [9.17, 15) is 5.11 Å². The Morgan fingerprint density at radius 3 is 2.58 bits per heavy atom. The van der Waals surface area contributed by atoms with E-state index in [1.54, 1.807) is 12.5 Å². The lowest BCUT2D eigenvalue weighted by atomic mass is 9.77. The number of nitrogens with zero attached hydrogens (tertiary/aromatic N) is 2. The van der Waals surface area contributed by atoms with Gasteiger partial charge < -0.3 is 20.0 Å². The molecule has 1 aromatic carbocycles. The number of nitrogens with one attached hydrogen (secondary N) is 2. The van der Waals surface area contributed by atoms with Gasteiger partial charge in [0.05, 0.1) is 17.6 Å². The average Bonchev–Trinajstić information content (AvgIpc) is 3.31. The van der Waals surface area contributed by atoms with Crippen LogP contribution < -0.4 is 5.32 Å². The first-order chi connectivity index (χ1) is 11.7. The quantitative estimate of drug-likeness (QED) is 0.689. The Balaban J connectivity index is 1.42. The van der Waals surface area contributed by atoms with Gasteiger partial charge >= 0.3 is 0 Å². The monoisotopic (exact) mass is 322 g/mol. The van der Waals surface area contributed by atoms with Crippen LogP contribution in [0.3, 0.4) is 0 Å². The zero-order chi connectivity index (χ0) is 16.4. The first kappa shape index (κ1) is 15.0. The summed E-state index contributed by atoms with van der Waals surface area (Å²) in [5.41, 5.74) is 2.47. The van der Waals surface area contributed by atoms with Crippen molar-refractivity contribution in [3.8, 4) is 5.69 Å². The van der Waals surface area contributed by atoms with E-state index >= 15 is 0 Å². The summed E-state index contributed by atoms with van der Waals surface area (Å²) >= 11 is 0. The number of H-pyrrole nitrogens is 1. The maximum absolute atomic E-state index is 11.1. The minimum absolute atomic E-state index is 0.422. The largest absolute Gasteiger partial charge is 0.385 e. The van der Waals surface area contributed by atoms with Crippen molar-refractivity contribution in [3.63, 3.8) is 0 Å². The third kappa shape index (κ3) is 2.95. The standard InChI is InChI=1S/C19H22N4O/c24-19(8-5-16(6-9-19)22-17-7-10-20-13-17)15-1-3-18(4-2-15)23-12-11-21-14-23/h1-4,7,10-14,16,20,22,24H,5-6,8-9H2. The SMILES string of the molecule is OC1(c2ccc(-n3ccnc3)cc2)CCC(Nc2cc[nH]c2)CC1. The van der Waals surface area contributed by atoms with Crippen molar-refractivity contribution in [1.29, 1.82) is 0 Å². The number of aromatic nitrogens is 3. The molecule has 0 amide bonds. The molecule has 0 radical (unpaired) electrons. The van der Waals surface area contributed by atoms with Crippen molar-refractivity contribution >= 4 is 5.69 Å². The second kappa shape index (κ2) is 6.17. The van der Waals surface area contributed by atoms with Crippen molar-refractivity contribution in [2.75, 3.05) is 5.32 Å². The lowest BCUT2D eigenvalue weighted by Crippen LogP contribution is -2.36. The van der Waals surface area contributed by atoms with Gasteiger partial charge in [-0.25, -0.2) is 4.98 Å². The van der Waals surface area contributed by atoms with E-state index in [0.29, 0.717) is 6.04 Å². The summed E-state index contributed by atoms with van der Waals surface area (Å²) in [6.45, 7) is 0. The highest BCUT2D eigenvalue weighted by Crippen LogP contribution is 2.38. The summed E-state index contributed by atoms with van der Waals surface area (Å²) in [5, 5.41) is 14.6. The van der Waals surface area contributed by atoms with Crippen LogP contribution in [0.4, 0.5) is 5.69 Å². The summed E-state index contributed by atoms with van der Waals surface area (Å²) in [6, 6.07) is 10.6. The zero-order valence-corrected chi connectivity index (χ0v) is 13.5. The summed E-state index contributed by atoms with van der Waals surface area (Å²) < 4.78 is 1.96. The Labute approximate surface area is 141 Å². The molecule has 0 aliphatic heterocycles. The van der Waals surface area contributed by atoms with E-state index in [-0.39, 0.29) is 0 Å². The molecule has 124 valence electrons. The fourth-order valence-electron chi connectivity index (χ4n) is 3.53. The van der Waals surface area contributed by atoms with Gasteiger partial charge in [0.25, 0.3) is 0 Å². The maximum atomic E-state index is 11.1. The molecule has 0 unspecified atom stereocenters. The molecule has 1 aliphatic rings. The number of aliphatic hydroxyl groups is 1. The van der Waals surface area contributed by atoms with E-state index in [2.05, 4.69) is 15.3 Å². The van der Waals surface area contributed by atoms with Gasteiger partial charge in [0, 0.05) is 36.5 Å². The molecule has 0 bridgehead atoms. The van der Waals surface area contributed by atoms with Crippen LogP contribution in [0.25, 0.3) is 5.69 Å². The molecule has 24 heavy (non-hydrogen) atoms. The van der Waals surface area contributed by atoms with Crippen LogP contribution in [0.2, 0.25) is 0 Å². The molecule has 2 aromatic heterocycles. The van der Waals surface area contributed by atoms with Crippen molar-refractivity contribution in [2.24, 2.45) is 0 Å². The summed E-state index contributed by atoms with van der Waals surface area (Å²) in [5.74, 6) is 0. The van der Waals surface area contributed by atoms with Crippen molar-refractivity contribution in [3.05, 3.63) is 67.0 Å². The van der Waals surface area contributed by atoms with E-state index in [4.69, 9.17) is 0 Å². The molecular formula is C19H22N4O. The first-order valence-electron chi connectivity index (χ1n) is 8.44. The molecular weight excluding hydrogens is 300 g/mol. The third-order valence-corrected chi connectivity index (χ3v) is 4.99. The molecule has 1 saturated carbocycles. The minimum Gasteiger partial charge on any atom is -0.385 e. The molecule has 1 fully saturated rings. The van der Waals surface area contributed by atoms with Crippen LogP contribution in [0, 0.1) is 0 Å². The van der Waals surface area contributed by atoms with Crippen LogP contribution in [0.15, 0.2) is 61.4 Å². The third-order valence-electron chi connectivity index (χ3n) is 4.99. The van der Waals surface area contributed by atoms with Gasteiger partial charge in [0.2, 0.25) is 0 Å². The van der Waals surface area contributed by atoms with Crippen LogP contribution in [0.5, 0.6) is 0 Å². The number of benzene rings is 1. The topological polar surface area (TPSA) is 65.9 Å². The molecule has 3 aromatic rings. The fraction of sp³-hybridized carbons (Fsp3) is 0.316. The van der Waals surface area contributed by atoms with Crippen molar-refractivity contribution in [2.45, 2.75) is 37.3 Å². The van der Waals surface area contributed by atoms with E-state index < -0.39 is 5.60 Å². The Bertz CT molecular complexity index is 754. The molecule has 0 atom stereocenters. The highest BCUT2D eigenvalue weighted by atomic mass is 16.3. The predicted octanol–water partition coefficient (Wildman–Crippen LogP) is 3.44. The van der Waals surface area contributed by atoms with Gasteiger partial charge in [-0.15, -0.1) is 0 Å². The first-order valence-corrected chi connectivity index (χ1v) is 8.44. The highest BCUT2D eigenvalue weighted by molar-refractivity contribution is 5.42. The second-order valence-electron chi connectivity index (χ2n) is 6.57. The number of hydrogen-bond donors (Lipinski definition) is 3. The summed E-state index contributed by atoms with van der Waals surface area (Å²) in [6.07, 6.45) is 12.8. The predicted molar refractivity (Wildman–Crippen MR) is 94.1 cm³/mol. The molecule has 5 nitrogen and oxygen atoms in total. The molecule has 0 spiro atoms. The van der Waals surface area contributed by atoms with Gasteiger partial charge in [-0.05, 0) is 49.4 Å². The van der Waals surface area contributed by atoms with Gasteiger partial charge in [-0.1, -0.05) is 12.1 Å². The maximum Gasteiger partial charge on any atom is 0.0991 e. The zero-order valence-electron chi connectivity index (χ0n) is 13.5. The minimum atomic E-state index is -0.718.